The maximum absolute atomic E-state index is 13.5. The maximum Gasteiger partial charge on any atom is 0.258 e. The predicted octanol–water partition coefficient (Wildman–Crippen LogP) is 1.74. The van der Waals surface area contributed by atoms with Gasteiger partial charge in [-0.3, -0.25) is 4.79 Å². The highest BCUT2D eigenvalue weighted by atomic mass is 19.1. The lowest BCUT2D eigenvalue weighted by atomic mass is 10.2. The van der Waals surface area contributed by atoms with Gasteiger partial charge >= 0.3 is 0 Å². The molecule has 1 N–H and O–H groups in total. The molecule has 0 saturated carbocycles. The Morgan fingerprint density at radius 2 is 2.06 bits per heavy atom. The van der Waals surface area contributed by atoms with Crippen molar-refractivity contribution >= 4 is 11.6 Å². The van der Waals surface area contributed by atoms with Crippen molar-refractivity contribution in [3.63, 3.8) is 0 Å². The zero-order valence-corrected chi connectivity index (χ0v) is 9.09. The number of halogens is 1. The molecule has 0 fully saturated rings. The van der Waals surface area contributed by atoms with Crippen LogP contribution in [0, 0.1) is 17.1 Å². The SMILES string of the molecule is N#Cc1ccc(NC(=O)c2cncnc2)c(F)c1. The number of aromatic nitrogens is 2. The zero-order chi connectivity index (χ0) is 13.0. The van der Waals surface area contributed by atoms with E-state index in [1.54, 1.807) is 0 Å². The fourth-order valence-electron chi connectivity index (χ4n) is 1.30. The summed E-state index contributed by atoms with van der Waals surface area (Å²) in [5, 5.41) is 11.0. The summed E-state index contributed by atoms with van der Waals surface area (Å²) in [6.07, 6.45) is 3.94. The van der Waals surface area contributed by atoms with Crippen LogP contribution in [0.3, 0.4) is 0 Å². The average Bonchev–Trinajstić information content (AvgIpc) is 2.42. The number of anilines is 1. The Balaban J connectivity index is 2.20. The van der Waals surface area contributed by atoms with E-state index < -0.39 is 11.7 Å². The maximum atomic E-state index is 13.5. The Morgan fingerprint density at radius 3 is 2.67 bits per heavy atom. The van der Waals surface area contributed by atoms with Gasteiger partial charge in [0.25, 0.3) is 5.91 Å². The molecule has 1 heterocycles. The molecule has 0 saturated heterocycles. The van der Waals surface area contributed by atoms with Gasteiger partial charge in [-0.15, -0.1) is 0 Å². The van der Waals surface area contributed by atoms with Crippen LogP contribution in [0.1, 0.15) is 15.9 Å². The van der Waals surface area contributed by atoms with E-state index in [0.717, 1.165) is 6.07 Å². The standard InChI is InChI=1S/C12H7FN4O/c13-10-3-8(4-14)1-2-11(10)17-12(18)9-5-15-7-16-6-9/h1-3,5-7H,(H,17,18). The molecule has 0 radical (unpaired) electrons. The third-order valence-corrected chi connectivity index (χ3v) is 2.17. The third-order valence-electron chi connectivity index (χ3n) is 2.17. The van der Waals surface area contributed by atoms with Gasteiger partial charge in [-0.1, -0.05) is 0 Å². The number of rotatable bonds is 2. The van der Waals surface area contributed by atoms with E-state index in [1.165, 1.54) is 30.9 Å². The highest BCUT2D eigenvalue weighted by molar-refractivity contribution is 6.03. The minimum absolute atomic E-state index is 0.00264. The van der Waals surface area contributed by atoms with E-state index in [1.807, 2.05) is 6.07 Å². The van der Waals surface area contributed by atoms with Crippen LogP contribution in [0.15, 0.2) is 36.9 Å². The highest BCUT2D eigenvalue weighted by Gasteiger charge is 2.10. The van der Waals surface area contributed by atoms with Gasteiger partial charge in [0.1, 0.15) is 12.1 Å². The second kappa shape index (κ2) is 5.01. The number of hydrogen-bond donors (Lipinski definition) is 1. The van der Waals surface area contributed by atoms with Crippen LogP contribution in [0.5, 0.6) is 0 Å². The Bertz CT molecular complexity index is 622. The molecule has 0 spiro atoms. The highest BCUT2D eigenvalue weighted by Crippen LogP contribution is 2.16. The normalized spacial score (nSPS) is 9.56. The van der Waals surface area contributed by atoms with Crippen molar-refractivity contribution in [1.82, 2.24) is 9.97 Å². The number of nitrogens with zero attached hydrogens (tertiary/aromatic N) is 3. The molecule has 1 amide bonds. The quantitative estimate of drug-likeness (QED) is 0.869. The average molecular weight is 242 g/mol. The molecule has 0 bridgehead atoms. The van der Waals surface area contributed by atoms with Gasteiger partial charge < -0.3 is 5.32 Å². The minimum atomic E-state index is -0.667. The number of benzene rings is 1. The van der Waals surface area contributed by atoms with Crippen LogP contribution in [-0.2, 0) is 0 Å². The topological polar surface area (TPSA) is 78.7 Å². The number of carbonyl (C=O) groups is 1. The number of amides is 1. The van der Waals surface area contributed by atoms with Gasteiger partial charge in [-0.25, -0.2) is 14.4 Å². The molecule has 0 aliphatic heterocycles. The van der Waals surface area contributed by atoms with E-state index >= 15 is 0 Å². The second-order valence-electron chi connectivity index (χ2n) is 3.39. The van der Waals surface area contributed by atoms with E-state index in [9.17, 15) is 9.18 Å². The predicted molar refractivity (Wildman–Crippen MR) is 61.1 cm³/mol. The molecule has 5 nitrogen and oxygen atoms in total. The number of carbonyl (C=O) groups excluding carboxylic acids is 1. The molecule has 0 unspecified atom stereocenters. The molecule has 0 atom stereocenters. The molecule has 18 heavy (non-hydrogen) atoms. The van der Waals surface area contributed by atoms with E-state index in [0.29, 0.717) is 0 Å². The summed E-state index contributed by atoms with van der Waals surface area (Å²) in [7, 11) is 0. The van der Waals surface area contributed by atoms with Gasteiger partial charge in [0.2, 0.25) is 0 Å². The molecule has 2 aromatic rings. The Morgan fingerprint density at radius 1 is 1.33 bits per heavy atom. The summed E-state index contributed by atoms with van der Waals surface area (Å²) in [5.74, 6) is -1.18. The lowest BCUT2D eigenvalue weighted by Crippen LogP contribution is -2.13. The Kier molecular flexibility index (Phi) is 3.25. The molecular formula is C12H7FN4O. The fourth-order valence-corrected chi connectivity index (χ4v) is 1.30. The number of nitriles is 1. The van der Waals surface area contributed by atoms with E-state index in [-0.39, 0.29) is 16.8 Å². The lowest BCUT2D eigenvalue weighted by molar-refractivity contribution is 0.102. The van der Waals surface area contributed by atoms with E-state index in [4.69, 9.17) is 5.26 Å². The summed E-state index contributed by atoms with van der Waals surface area (Å²) in [6, 6.07) is 5.61. The molecule has 1 aromatic heterocycles. The largest absolute Gasteiger partial charge is 0.319 e. The molecule has 2 rings (SSSR count). The van der Waals surface area contributed by atoms with Crippen LogP contribution in [0.25, 0.3) is 0 Å². The second-order valence-corrected chi connectivity index (χ2v) is 3.39. The van der Waals surface area contributed by atoms with Crippen molar-refractivity contribution in [2.45, 2.75) is 0 Å². The Labute approximate surface area is 102 Å². The van der Waals surface area contributed by atoms with Gasteiger partial charge in [-0.05, 0) is 18.2 Å². The molecule has 1 aromatic carbocycles. The van der Waals surface area contributed by atoms with Crippen LogP contribution in [-0.4, -0.2) is 15.9 Å². The Hall–Kier alpha value is -2.81. The van der Waals surface area contributed by atoms with Crippen molar-refractivity contribution < 1.29 is 9.18 Å². The van der Waals surface area contributed by atoms with Gasteiger partial charge in [0.15, 0.2) is 0 Å². The first-order valence-corrected chi connectivity index (χ1v) is 4.96. The van der Waals surface area contributed by atoms with Crippen molar-refractivity contribution in [3.8, 4) is 6.07 Å². The fraction of sp³-hybridized carbons (Fsp3) is 0. The van der Waals surface area contributed by atoms with E-state index in [2.05, 4.69) is 15.3 Å². The lowest BCUT2D eigenvalue weighted by Gasteiger charge is -2.05. The monoisotopic (exact) mass is 242 g/mol. The molecule has 0 aliphatic carbocycles. The van der Waals surface area contributed by atoms with Crippen LogP contribution in [0.4, 0.5) is 10.1 Å². The van der Waals surface area contributed by atoms with Gasteiger partial charge in [-0.2, -0.15) is 5.26 Å². The van der Waals surface area contributed by atoms with Gasteiger partial charge in [0, 0.05) is 12.4 Å². The van der Waals surface area contributed by atoms with Crippen LogP contribution in [0.2, 0.25) is 0 Å². The molecule has 88 valence electrons. The zero-order valence-electron chi connectivity index (χ0n) is 9.09. The van der Waals surface area contributed by atoms with Crippen LogP contribution >= 0.6 is 0 Å². The molecular weight excluding hydrogens is 235 g/mol. The summed E-state index contributed by atoms with van der Waals surface area (Å²) in [4.78, 5) is 19.1. The van der Waals surface area contributed by atoms with Crippen LogP contribution < -0.4 is 5.32 Å². The van der Waals surface area contributed by atoms with Crippen molar-refractivity contribution in [2.75, 3.05) is 5.32 Å². The third kappa shape index (κ3) is 2.47. The first kappa shape index (κ1) is 11.7. The van der Waals surface area contributed by atoms with Crippen molar-refractivity contribution in [3.05, 3.63) is 53.9 Å². The summed E-state index contributed by atoms with van der Waals surface area (Å²) >= 11 is 0. The number of nitrogens with one attached hydrogen (secondary N) is 1. The smallest absolute Gasteiger partial charge is 0.258 e. The first-order chi connectivity index (χ1) is 8.70. The molecule has 6 heteroatoms. The van der Waals surface area contributed by atoms with Crippen molar-refractivity contribution in [2.24, 2.45) is 0 Å². The number of hydrogen-bond acceptors (Lipinski definition) is 4. The summed E-state index contributed by atoms with van der Waals surface area (Å²) < 4.78 is 13.5. The minimum Gasteiger partial charge on any atom is -0.319 e. The molecule has 0 aliphatic rings. The summed E-state index contributed by atoms with van der Waals surface area (Å²) in [5.41, 5.74) is 0.414. The van der Waals surface area contributed by atoms with Crippen molar-refractivity contribution in [1.29, 1.82) is 5.26 Å². The summed E-state index contributed by atoms with van der Waals surface area (Å²) in [6.45, 7) is 0. The van der Waals surface area contributed by atoms with Gasteiger partial charge in [0.05, 0.1) is 22.9 Å². The first-order valence-electron chi connectivity index (χ1n) is 4.96.